The van der Waals surface area contributed by atoms with E-state index in [9.17, 15) is 0 Å². The molecule has 0 heterocycles. The van der Waals surface area contributed by atoms with Crippen molar-refractivity contribution < 1.29 is 0 Å². The lowest BCUT2D eigenvalue weighted by atomic mass is 9.96. The van der Waals surface area contributed by atoms with Crippen molar-refractivity contribution in [3.05, 3.63) is 131 Å². The van der Waals surface area contributed by atoms with E-state index >= 15 is 0 Å². The molecule has 0 unspecified atom stereocenters. The van der Waals surface area contributed by atoms with Gasteiger partial charge in [-0.05, 0) is 34.7 Å². The SMILES string of the molecule is Cc1ccccc1-c1ccccc1/C=N\C(c1ccccc1)c1ccccc1. The van der Waals surface area contributed by atoms with Crippen LogP contribution in [0.25, 0.3) is 11.1 Å². The second-order valence-electron chi connectivity index (χ2n) is 6.90. The van der Waals surface area contributed by atoms with Crippen LogP contribution in [0.4, 0.5) is 0 Å². The van der Waals surface area contributed by atoms with Gasteiger partial charge in [-0.15, -0.1) is 0 Å². The molecular weight excluding hydrogens is 338 g/mol. The second-order valence-corrected chi connectivity index (χ2v) is 6.90. The molecule has 0 saturated heterocycles. The third-order valence-corrected chi connectivity index (χ3v) is 4.99. The minimum absolute atomic E-state index is 0.0210. The molecule has 0 aliphatic rings. The Labute approximate surface area is 167 Å². The van der Waals surface area contributed by atoms with E-state index < -0.39 is 0 Å². The van der Waals surface area contributed by atoms with Gasteiger partial charge in [0, 0.05) is 11.8 Å². The second kappa shape index (κ2) is 8.49. The van der Waals surface area contributed by atoms with E-state index in [2.05, 4.69) is 104 Å². The number of aryl methyl sites for hydroxylation is 1. The first-order valence-corrected chi connectivity index (χ1v) is 9.61. The molecule has 0 N–H and O–H groups in total. The Hall–Kier alpha value is -3.45. The zero-order chi connectivity index (χ0) is 19.2. The summed E-state index contributed by atoms with van der Waals surface area (Å²) in [7, 11) is 0. The zero-order valence-electron chi connectivity index (χ0n) is 16.0. The van der Waals surface area contributed by atoms with Gasteiger partial charge in [0.1, 0.15) is 0 Å². The van der Waals surface area contributed by atoms with Gasteiger partial charge in [0.25, 0.3) is 0 Å². The van der Waals surface area contributed by atoms with Crippen molar-refractivity contribution >= 4 is 6.21 Å². The van der Waals surface area contributed by atoms with Crippen LogP contribution in [-0.4, -0.2) is 6.21 Å². The molecule has 136 valence electrons. The average molecular weight is 361 g/mol. The summed E-state index contributed by atoms with van der Waals surface area (Å²) in [6.45, 7) is 2.15. The van der Waals surface area contributed by atoms with Crippen LogP contribution in [0, 0.1) is 6.92 Å². The van der Waals surface area contributed by atoms with Gasteiger partial charge in [0.05, 0.1) is 6.04 Å². The number of hydrogen-bond acceptors (Lipinski definition) is 1. The molecule has 0 aliphatic heterocycles. The largest absolute Gasteiger partial charge is 0.280 e. The maximum absolute atomic E-state index is 5.03. The Kier molecular flexibility index (Phi) is 5.44. The van der Waals surface area contributed by atoms with Crippen molar-refractivity contribution in [3.63, 3.8) is 0 Å². The van der Waals surface area contributed by atoms with Crippen molar-refractivity contribution in [2.24, 2.45) is 4.99 Å². The van der Waals surface area contributed by atoms with E-state index in [0.717, 1.165) is 5.56 Å². The molecule has 0 amide bonds. The van der Waals surface area contributed by atoms with Gasteiger partial charge in [-0.2, -0.15) is 0 Å². The van der Waals surface area contributed by atoms with Crippen molar-refractivity contribution in [1.29, 1.82) is 0 Å². The molecule has 0 aliphatic carbocycles. The summed E-state index contributed by atoms with van der Waals surface area (Å²) in [6.07, 6.45) is 2.02. The van der Waals surface area contributed by atoms with Gasteiger partial charge in [-0.1, -0.05) is 109 Å². The number of benzene rings is 4. The lowest BCUT2D eigenvalue weighted by Crippen LogP contribution is -1.99. The predicted molar refractivity (Wildman–Crippen MR) is 119 cm³/mol. The van der Waals surface area contributed by atoms with E-state index in [0.29, 0.717) is 0 Å². The molecule has 0 fully saturated rings. The molecular formula is C27H23N. The highest BCUT2D eigenvalue weighted by Crippen LogP contribution is 2.28. The van der Waals surface area contributed by atoms with Crippen molar-refractivity contribution in [1.82, 2.24) is 0 Å². The van der Waals surface area contributed by atoms with E-state index in [1.807, 2.05) is 18.3 Å². The standard InChI is InChI=1S/C27H23N/c1-21-12-8-10-18-25(21)26-19-11-9-17-24(26)20-28-27(22-13-4-2-5-14-22)23-15-6-3-7-16-23/h2-20,27H,1H3/b28-20-. The van der Waals surface area contributed by atoms with Gasteiger partial charge in [-0.25, -0.2) is 0 Å². The number of nitrogens with zero attached hydrogens (tertiary/aromatic N) is 1. The fourth-order valence-corrected chi connectivity index (χ4v) is 3.52. The Morgan fingerprint density at radius 2 is 1.07 bits per heavy atom. The van der Waals surface area contributed by atoms with E-state index in [1.165, 1.54) is 27.8 Å². The molecule has 0 aromatic heterocycles. The highest BCUT2D eigenvalue weighted by atomic mass is 14.8. The predicted octanol–water partition coefficient (Wildman–Crippen LogP) is 6.87. The monoisotopic (exact) mass is 361 g/mol. The van der Waals surface area contributed by atoms with Crippen molar-refractivity contribution in [2.45, 2.75) is 13.0 Å². The lowest BCUT2D eigenvalue weighted by Gasteiger charge is -2.14. The summed E-state index contributed by atoms with van der Waals surface area (Å²) in [5.74, 6) is 0. The summed E-state index contributed by atoms with van der Waals surface area (Å²) in [5, 5.41) is 0. The third-order valence-electron chi connectivity index (χ3n) is 4.99. The fourth-order valence-electron chi connectivity index (χ4n) is 3.52. The first-order valence-electron chi connectivity index (χ1n) is 9.61. The maximum Gasteiger partial charge on any atom is 0.0999 e. The van der Waals surface area contributed by atoms with Crippen molar-refractivity contribution in [2.75, 3.05) is 0 Å². The summed E-state index contributed by atoms with van der Waals surface area (Å²) in [4.78, 5) is 5.03. The molecule has 0 atom stereocenters. The minimum atomic E-state index is -0.0210. The van der Waals surface area contributed by atoms with Gasteiger partial charge in [0.15, 0.2) is 0 Å². The summed E-state index contributed by atoms with van der Waals surface area (Å²) in [5.41, 5.74) is 7.25. The molecule has 4 rings (SSSR count). The first-order chi connectivity index (χ1) is 13.8. The molecule has 0 spiro atoms. The number of hydrogen-bond donors (Lipinski definition) is 0. The number of rotatable bonds is 5. The lowest BCUT2D eigenvalue weighted by molar-refractivity contribution is 0.878. The van der Waals surface area contributed by atoms with Crippen LogP contribution in [0.2, 0.25) is 0 Å². The molecule has 1 nitrogen and oxygen atoms in total. The van der Waals surface area contributed by atoms with Gasteiger partial charge >= 0.3 is 0 Å². The van der Waals surface area contributed by atoms with E-state index in [4.69, 9.17) is 4.99 Å². The molecule has 1 heteroatoms. The quantitative estimate of drug-likeness (QED) is 0.344. The fraction of sp³-hybridized carbons (Fsp3) is 0.0741. The van der Waals surface area contributed by atoms with Crippen LogP contribution in [0.3, 0.4) is 0 Å². The highest BCUT2D eigenvalue weighted by molar-refractivity contribution is 5.91. The Morgan fingerprint density at radius 3 is 1.68 bits per heavy atom. The van der Waals surface area contributed by atoms with Gasteiger partial charge in [-0.3, -0.25) is 4.99 Å². The average Bonchev–Trinajstić information content (AvgIpc) is 2.76. The van der Waals surface area contributed by atoms with Crippen LogP contribution >= 0.6 is 0 Å². The van der Waals surface area contributed by atoms with Crippen LogP contribution in [0.15, 0.2) is 114 Å². The molecule has 0 bridgehead atoms. The Bertz CT molecular complexity index is 1030. The molecule has 0 radical (unpaired) electrons. The Morgan fingerprint density at radius 1 is 0.571 bits per heavy atom. The van der Waals surface area contributed by atoms with Gasteiger partial charge < -0.3 is 0 Å². The molecule has 0 saturated carbocycles. The number of aliphatic imine (C=N–C) groups is 1. The van der Waals surface area contributed by atoms with Crippen LogP contribution in [0.1, 0.15) is 28.3 Å². The van der Waals surface area contributed by atoms with Crippen LogP contribution in [0.5, 0.6) is 0 Å². The zero-order valence-corrected chi connectivity index (χ0v) is 16.0. The van der Waals surface area contributed by atoms with E-state index in [1.54, 1.807) is 0 Å². The smallest absolute Gasteiger partial charge is 0.0999 e. The molecule has 4 aromatic rings. The molecule has 4 aromatic carbocycles. The topological polar surface area (TPSA) is 12.4 Å². The third kappa shape index (κ3) is 3.94. The minimum Gasteiger partial charge on any atom is -0.280 e. The van der Waals surface area contributed by atoms with E-state index in [-0.39, 0.29) is 6.04 Å². The summed E-state index contributed by atoms with van der Waals surface area (Å²) < 4.78 is 0. The van der Waals surface area contributed by atoms with Crippen molar-refractivity contribution in [3.8, 4) is 11.1 Å². The van der Waals surface area contributed by atoms with Gasteiger partial charge in [0.2, 0.25) is 0 Å². The van der Waals surface area contributed by atoms with Crippen LogP contribution in [-0.2, 0) is 0 Å². The van der Waals surface area contributed by atoms with Crippen LogP contribution < -0.4 is 0 Å². The highest BCUT2D eigenvalue weighted by Gasteiger charge is 2.12. The summed E-state index contributed by atoms with van der Waals surface area (Å²) in [6, 6.07) is 37.9. The first kappa shape index (κ1) is 17.9. The molecule has 28 heavy (non-hydrogen) atoms. The Balaban J connectivity index is 1.76. The normalized spacial score (nSPS) is 11.2. The summed E-state index contributed by atoms with van der Waals surface area (Å²) >= 11 is 0. The maximum atomic E-state index is 5.03.